The van der Waals surface area contributed by atoms with Gasteiger partial charge in [0.05, 0.1) is 5.69 Å². The van der Waals surface area contributed by atoms with Crippen molar-refractivity contribution < 1.29 is 0 Å². The van der Waals surface area contributed by atoms with Crippen LogP contribution in [0.15, 0.2) is 54.7 Å². The van der Waals surface area contributed by atoms with Crippen molar-refractivity contribution in [2.24, 2.45) is 0 Å². The molecule has 2 aromatic rings. The van der Waals surface area contributed by atoms with E-state index in [1.54, 1.807) is 0 Å². The Kier molecular flexibility index (Phi) is 5.01. The van der Waals surface area contributed by atoms with Crippen LogP contribution in [0.4, 0.5) is 0 Å². The van der Waals surface area contributed by atoms with Gasteiger partial charge in [0.15, 0.2) is 0 Å². The van der Waals surface area contributed by atoms with E-state index in [4.69, 9.17) is 0 Å². The molecular weight excluding hydrogens is 256 g/mol. The minimum Gasteiger partial charge on any atom is -0.290 e. The van der Waals surface area contributed by atoms with Crippen molar-refractivity contribution in [2.45, 2.75) is 51.2 Å². The predicted octanol–water partition coefficient (Wildman–Crippen LogP) is 4.42. The second-order valence-corrected chi connectivity index (χ2v) is 6.00. The molecule has 1 aromatic heterocycles. The zero-order valence-electron chi connectivity index (χ0n) is 12.6. The van der Waals surface area contributed by atoms with Gasteiger partial charge >= 0.3 is 0 Å². The number of benzene rings is 1. The van der Waals surface area contributed by atoms with Crippen LogP contribution < -0.4 is 0 Å². The minimum atomic E-state index is 0.709. The van der Waals surface area contributed by atoms with E-state index >= 15 is 0 Å². The van der Waals surface area contributed by atoms with Crippen molar-refractivity contribution in [3.8, 4) is 0 Å². The zero-order chi connectivity index (χ0) is 14.3. The molecule has 3 rings (SSSR count). The first-order chi connectivity index (χ1) is 10.4. The van der Waals surface area contributed by atoms with Crippen molar-refractivity contribution >= 4 is 0 Å². The molecule has 1 saturated carbocycles. The Morgan fingerprint density at radius 3 is 2.33 bits per heavy atom. The molecule has 0 saturated heterocycles. The summed E-state index contributed by atoms with van der Waals surface area (Å²) in [4.78, 5) is 7.14. The Balaban J connectivity index is 1.73. The highest BCUT2D eigenvalue weighted by Crippen LogP contribution is 2.25. The molecule has 1 aromatic carbocycles. The first-order valence-corrected chi connectivity index (χ1v) is 8.10. The van der Waals surface area contributed by atoms with E-state index in [2.05, 4.69) is 52.3 Å². The molecule has 0 radical (unpaired) electrons. The van der Waals surface area contributed by atoms with Crippen molar-refractivity contribution in [3.05, 3.63) is 66.0 Å². The van der Waals surface area contributed by atoms with Gasteiger partial charge < -0.3 is 0 Å². The summed E-state index contributed by atoms with van der Waals surface area (Å²) in [5.41, 5.74) is 2.58. The number of rotatable bonds is 5. The average Bonchev–Trinajstić information content (AvgIpc) is 2.57. The fourth-order valence-corrected chi connectivity index (χ4v) is 3.28. The Hall–Kier alpha value is -1.67. The number of nitrogens with zero attached hydrogens (tertiary/aromatic N) is 2. The Labute approximate surface area is 127 Å². The van der Waals surface area contributed by atoms with Crippen molar-refractivity contribution in [1.82, 2.24) is 9.88 Å². The van der Waals surface area contributed by atoms with E-state index in [9.17, 15) is 0 Å². The van der Waals surface area contributed by atoms with Crippen LogP contribution in [0, 0.1) is 0 Å². The number of aromatic nitrogens is 1. The summed E-state index contributed by atoms with van der Waals surface area (Å²) in [5.74, 6) is 0. The van der Waals surface area contributed by atoms with Crippen LogP contribution >= 0.6 is 0 Å². The lowest BCUT2D eigenvalue weighted by atomic mass is 9.93. The summed E-state index contributed by atoms with van der Waals surface area (Å²) >= 11 is 0. The third-order valence-corrected chi connectivity index (χ3v) is 4.41. The summed E-state index contributed by atoms with van der Waals surface area (Å²) in [6, 6.07) is 17.7. The lowest BCUT2D eigenvalue weighted by Crippen LogP contribution is -2.36. The molecule has 21 heavy (non-hydrogen) atoms. The summed E-state index contributed by atoms with van der Waals surface area (Å²) in [5, 5.41) is 0. The fourth-order valence-electron chi connectivity index (χ4n) is 3.28. The standard InChI is InChI=1S/C19H24N2/c1-3-9-17(10-4-1)15-21(19-12-5-2-6-13-19)16-18-11-7-8-14-20-18/h1,3-4,7-11,14,19H,2,5-6,12-13,15-16H2. The molecule has 0 amide bonds. The first kappa shape index (κ1) is 14.3. The summed E-state index contributed by atoms with van der Waals surface area (Å²) < 4.78 is 0. The van der Waals surface area contributed by atoms with Gasteiger partial charge in [0, 0.05) is 25.3 Å². The Bertz CT molecular complexity index is 476. The van der Waals surface area contributed by atoms with Crippen molar-refractivity contribution in [1.29, 1.82) is 0 Å². The summed E-state index contributed by atoms with van der Waals surface area (Å²) in [7, 11) is 0. The second-order valence-electron chi connectivity index (χ2n) is 6.00. The van der Waals surface area contributed by atoms with E-state index in [1.807, 2.05) is 12.3 Å². The normalized spacial score (nSPS) is 16.2. The molecule has 0 atom stereocenters. The summed E-state index contributed by atoms with van der Waals surface area (Å²) in [6.07, 6.45) is 8.71. The first-order valence-electron chi connectivity index (χ1n) is 8.10. The molecule has 0 bridgehead atoms. The van der Waals surface area contributed by atoms with Gasteiger partial charge in [0.1, 0.15) is 0 Å². The van der Waals surface area contributed by atoms with Crippen LogP contribution in [0.5, 0.6) is 0 Å². The van der Waals surface area contributed by atoms with E-state index in [0.29, 0.717) is 6.04 Å². The second kappa shape index (κ2) is 7.37. The SMILES string of the molecule is c1ccc(CN(Cc2ccccn2)C2CCCCC2)cc1. The monoisotopic (exact) mass is 280 g/mol. The highest BCUT2D eigenvalue weighted by atomic mass is 15.2. The van der Waals surface area contributed by atoms with Crippen molar-refractivity contribution in [3.63, 3.8) is 0 Å². The van der Waals surface area contributed by atoms with Gasteiger partial charge in [-0.25, -0.2) is 0 Å². The number of pyridine rings is 1. The molecule has 1 fully saturated rings. The van der Waals surface area contributed by atoms with E-state index in [0.717, 1.165) is 13.1 Å². The maximum atomic E-state index is 4.51. The van der Waals surface area contributed by atoms with Gasteiger partial charge in [-0.3, -0.25) is 9.88 Å². The molecule has 0 aliphatic heterocycles. The highest BCUT2D eigenvalue weighted by Gasteiger charge is 2.21. The Morgan fingerprint density at radius 1 is 0.857 bits per heavy atom. The minimum absolute atomic E-state index is 0.709. The maximum absolute atomic E-state index is 4.51. The molecule has 0 unspecified atom stereocenters. The third kappa shape index (κ3) is 4.15. The van der Waals surface area contributed by atoms with Crippen molar-refractivity contribution in [2.75, 3.05) is 0 Å². The molecule has 2 heteroatoms. The van der Waals surface area contributed by atoms with Gasteiger partial charge in [-0.1, -0.05) is 55.7 Å². The summed E-state index contributed by atoms with van der Waals surface area (Å²) in [6.45, 7) is 1.99. The molecule has 2 nitrogen and oxygen atoms in total. The Morgan fingerprint density at radius 2 is 1.62 bits per heavy atom. The van der Waals surface area contributed by atoms with Crippen LogP contribution in [0.2, 0.25) is 0 Å². The van der Waals surface area contributed by atoms with Crippen LogP contribution in [-0.4, -0.2) is 15.9 Å². The molecule has 0 spiro atoms. The zero-order valence-corrected chi connectivity index (χ0v) is 12.6. The van der Waals surface area contributed by atoms with E-state index < -0.39 is 0 Å². The average molecular weight is 280 g/mol. The van der Waals surface area contributed by atoms with Gasteiger partial charge in [-0.05, 0) is 30.5 Å². The topological polar surface area (TPSA) is 16.1 Å². The molecule has 0 N–H and O–H groups in total. The quantitative estimate of drug-likeness (QED) is 0.806. The van der Waals surface area contributed by atoms with Gasteiger partial charge in [-0.2, -0.15) is 0 Å². The largest absolute Gasteiger partial charge is 0.290 e. The van der Waals surface area contributed by atoms with Crippen LogP contribution in [0.25, 0.3) is 0 Å². The lowest BCUT2D eigenvalue weighted by molar-refractivity contribution is 0.138. The van der Waals surface area contributed by atoms with Gasteiger partial charge in [0.2, 0.25) is 0 Å². The molecule has 1 heterocycles. The van der Waals surface area contributed by atoms with Crippen LogP contribution in [0.1, 0.15) is 43.4 Å². The van der Waals surface area contributed by atoms with Crippen LogP contribution in [-0.2, 0) is 13.1 Å². The number of hydrogen-bond donors (Lipinski definition) is 0. The van der Waals surface area contributed by atoms with E-state index in [1.165, 1.54) is 43.4 Å². The smallest absolute Gasteiger partial charge is 0.0544 e. The molecule has 1 aliphatic rings. The number of hydrogen-bond acceptors (Lipinski definition) is 2. The predicted molar refractivity (Wildman–Crippen MR) is 86.8 cm³/mol. The van der Waals surface area contributed by atoms with Crippen LogP contribution in [0.3, 0.4) is 0 Å². The highest BCUT2D eigenvalue weighted by molar-refractivity contribution is 5.15. The van der Waals surface area contributed by atoms with E-state index in [-0.39, 0.29) is 0 Å². The lowest BCUT2D eigenvalue weighted by Gasteiger charge is -2.34. The molecule has 1 aliphatic carbocycles. The fraction of sp³-hybridized carbons (Fsp3) is 0.421. The van der Waals surface area contributed by atoms with Gasteiger partial charge in [0.25, 0.3) is 0 Å². The van der Waals surface area contributed by atoms with Gasteiger partial charge in [-0.15, -0.1) is 0 Å². The molecule has 110 valence electrons. The maximum Gasteiger partial charge on any atom is 0.0544 e. The third-order valence-electron chi connectivity index (χ3n) is 4.41. The molecular formula is C19H24N2.